The zero-order valence-corrected chi connectivity index (χ0v) is 12.6. The Balaban J connectivity index is 2.08. The predicted octanol–water partition coefficient (Wildman–Crippen LogP) is 4.84. The number of hydrogen-bond donors (Lipinski definition) is 0. The molecule has 1 atom stereocenters. The Morgan fingerprint density at radius 3 is 1.70 bits per heavy atom. The third-order valence-corrected chi connectivity index (χ3v) is 4.11. The topological polar surface area (TPSA) is 27.7 Å². The van der Waals surface area contributed by atoms with Crippen molar-refractivity contribution in [3.63, 3.8) is 0 Å². The van der Waals surface area contributed by atoms with Gasteiger partial charge in [0, 0.05) is 6.61 Å². The molecule has 0 radical (unpaired) electrons. The molecule has 0 aliphatic rings. The molecular weight excluding hydrogens is 271 g/mol. The lowest BCUT2D eigenvalue weighted by atomic mass is 10.3. The van der Waals surface area contributed by atoms with Crippen molar-refractivity contribution < 1.29 is 13.8 Å². The van der Waals surface area contributed by atoms with E-state index in [1.807, 2.05) is 74.5 Å². The van der Waals surface area contributed by atoms with Crippen molar-refractivity contribution in [2.75, 3.05) is 6.61 Å². The van der Waals surface area contributed by atoms with Crippen LogP contribution in [0.3, 0.4) is 0 Å². The van der Waals surface area contributed by atoms with Gasteiger partial charge in [-0.25, -0.2) is 0 Å². The fraction of sp³-hybridized carbons (Fsp3) is 0.250. The average Bonchev–Trinajstić information content (AvgIpc) is 2.49. The minimum absolute atomic E-state index is 0.101. The Labute approximate surface area is 121 Å². The van der Waals surface area contributed by atoms with Crippen LogP contribution in [0.4, 0.5) is 0 Å². The second-order valence-electron chi connectivity index (χ2n) is 4.15. The van der Waals surface area contributed by atoms with Gasteiger partial charge in [-0.05, 0) is 38.1 Å². The lowest BCUT2D eigenvalue weighted by Crippen LogP contribution is -2.13. The van der Waals surface area contributed by atoms with E-state index in [-0.39, 0.29) is 5.85 Å². The smallest absolute Gasteiger partial charge is 0.321 e. The van der Waals surface area contributed by atoms with Crippen molar-refractivity contribution in [1.82, 2.24) is 0 Å². The molecule has 20 heavy (non-hydrogen) atoms. The zero-order chi connectivity index (χ0) is 14.2. The molecule has 0 amide bonds. The largest absolute Gasteiger partial charge is 0.437 e. The van der Waals surface area contributed by atoms with E-state index < -0.39 is 8.38 Å². The minimum atomic E-state index is -1.20. The van der Waals surface area contributed by atoms with Gasteiger partial charge >= 0.3 is 8.38 Å². The molecule has 0 saturated heterocycles. The van der Waals surface area contributed by atoms with Crippen LogP contribution < -0.4 is 9.05 Å². The molecule has 0 fully saturated rings. The molecule has 0 aliphatic heterocycles. The standard InChI is InChI=1S/C16H19O3P/c1-3-17-14(2)20(18-15-10-6-4-7-11-15)19-16-12-8-5-9-13-16/h4-14H,3H2,1-2H3. The van der Waals surface area contributed by atoms with Gasteiger partial charge in [0.15, 0.2) is 0 Å². The van der Waals surface area contributed by atoms with Crippen molar-refractivity contribution in [1.29, 1.82) is 0 Å². The van der Waals surface area contributed by atoms with Crippen molar-refractivity contribution >= 4 is 8.38 Å². The first-order valence-electron chi connectivity index (χ1n) is 6.66. The van der Waals surface area contributed by atoms with E-state index in [9.17, 15) is 0 Å². The maximum Gasteiger partial charge on any atom is 0.321 e. The van der Waals surface area contributed by atoms with Gasteiger partial charge in [-0.3, -0.25) is 0 Å². The van der Waals surface area contributed by atoms with E-state index in [0.717, 1.165) is 11.5 Å². The van der Waals surface area contributed by atoms with E-state index in [2.05, 4.69) is 0 Å². The summed E-state index contributed by atoms with van der Waals surface area (Å²) in [6, 6.07) is 19.4. The molecule has 0 N–H and O–H groups in total. The summed E-state index contributed by atoms with van der Waals surface area (Å²) in [5.41, 5.74) is 0. The van der Waals surface area contributed by atoms with Crippen molar-refractivity contribution in [2.24, 2.45) is 0 Å². The third-order valence-electron chi connectivity index (χ3n) is 2.58. The first kappa shape index (κ1) is 14.8. The van der Waals surface area contributed by atoms with Crippen LogP contribution in [0.1, 0.15) is 13.8 Å². The van der Waals surface area contributed by atoms with Gasteiger partial charge < -0.3 is 13.8 Å². The normalized spacial score (nSPS) is 12.2. The Morgan fingerprint density at radius 2 is 1.30 bits per heavy atom. The van der Waals surface area contributed by atoms with Crippen LogP contribution in [0.2, 0.25) is 0 Å². The second-order valence-corrected chi connectivity index (χ2v) is 5.81. The molecule has 1 unspecified atom stereocenters. The molecule has 2 aromatic rings. The summed E-state index contributed by atoms with van der Waals surface area (Å²) in [4.78, 5) is 0. The van der Waals surface area contributed by atoms with Gasteiger partial charge in [0.05, 0.1) is 0 Å². The summed E-state index contributed by atoms with van der Waals surface area (Å²) in [5.74, 6) is 1.48. The van der Waals surface area contributed by atoms with Crippen LogP contribution in [0, 0.1) is 0 Å². The lowest BCUT2D eigenvalue weighted by Gasteiger charge is -2.23. The molecule has 106 valence electrons. The minimum Gasteiger partial charge on any atom is -0.437 e. The number of benzene rings is 2. The molecule has 0 bridgehead atoms. The van der Waals surface area contributed by atoms with E-state index in [1.165, 1.54) is 0 Å². The van der Waals surface area contributed by atoms with Crippen LogP contribution in [-0.2, 0) is 4.74 Å². The summed E-state index contributed by atoms with van der Waals surface area (Å²) >= 11 is 0. The van der Waals surface area contributed by atoms with Crippen LogP contribution >= 0.6 is 8.38 Å². The summed E-state index contributed by atoms with van der Waals surface area (Å²) in [6.45, 7) is 4.58. The third kappa shape index (κ3) is 4.52. The molecular formula is C16H19O3P. The van der Waals surface area contributed by atoms with Gasteiger partial charge in [0.25, 0.3) is 0 Å². The molecule has 2 rings (SSSR count). The highest BCUT2D eigenvalue weighted by atomic mass is 31.2. The van der Waals surface area contributed by atoms with Gasteiger partial charge in [-0.2, -0.15) is 0 Å². The summed E-state index contributed by atoms with van der Waals surface area (Å²) in [7, 11) is -1.20. The highest BCUT2D eigenvalue weighted by Gasteiger charge is 2.24. The average molecular weight is 290 g/mol. The molecule has 0 aliphatic carbocycles. The van der Waals surface area contributed by atoms with Crippen molar-refractivity contribution in [3.8, 4) is 11.5 Å². The number of hydrogen-bond acceptors (Lipinski definition) is 3. The fourth-order valence-electron chi connectivity index (χ4n) is 1.64. The number of para-hydroxylation sites is 2. The molecule has 0 heterocycles. The monoisotopic (exact) mass is 290 g/mol. The number of ether oxygens (including phenoxy) is 1. The van der Waals surface area contributed by atoms with Crippen molar-refractivity contribution in [2.45, 2.75) is 19.7 Å². The predicted molar refractivity (Wildman–Crippen MR) is 82.1 cm³/mol. The Kier molecular flexibility index (Phi) is 5.85. The van der Waals surface area contributed by atoms with E-state index in [1.54, 1.807) is 0 Å². The Bertz CT molecular complexity index is 448. The molecule has 0 spiro atoms. The molecule has 4 heteroatoms. The fourth-order valence-corrected chi connectivity index (χ4v) is 2.90. The van der Waals surface area contributed by atoms with Crippen LogP contribution in [0.25, 0.3) is 0 Å². The summed E-state index contributed by atoms with van der Waals surface area (Å²) < 4.78 is 17.5. The summed E-state index contributed by atoms with van der Waals surface area (Å²) in [6.07, 6.45) is 0. The van der Waals surface area contributed by atoms with Crippen LogP contribution in [0.5, 0.6) is 11.5 Å². The molecule has 2 aromatic carbocycles. The quantitative estimate of drug-likeness (QED) is 0.683. The molecule has 0 saturated carbocycles. The van der Waals surface area contributed by atoms with Gasteiger partial charge in [-0.1, -0.05) is 36.4 Å². The van der Waals surface area contributed by atoms with Gasteiger partial charge in [0.2, 0.25) is 0 Å². The maximum absolute atomic E-state index is 5.95. The highest BCUT2D eigenvalue weighted by Crippen LogP contribution is 2.45. The van der Waals surface area contributed by atoms with Crippen molar-refractivity contribution in [3.05, 3.63) is 60.7 Å². The van der Waals surface area contributed by atoms with Gasteiger partial charge in [-0.15, -0.1) is 0 Å². The second kappa shape index (κ2) is 7.88. The first-order chi connectivity index (χ1) is 9.79. The molecule has 3 nitrogen and oxygen atoms in total. The summed E-state index contributed by atoms with van der Waals surface area (Å²) in [5, 5.41) is 0. The molecule has 0 aromatic heterocycles. The van der Waals surface area contributed by atoms with Gasteiger partial charge in [0.1, 0.15) is 17.3 Å². The van der Waals surface area contributed by atoms with E-state index >= 15 is 0 Å². The SMILES string of the molecule is CCOC(C)P(Oc1ccccc1)Oc1ccccc1. The lowest BCUT2D eigenvalue weighted by molar-refractivity contribution is 0.121. The van der Waals surface area contributed by atoms with Crippen LogP contribution in [0.15, 0.2) is 60.7 Å². The maximum atomic E-state index is 5.95. The Hall–Kier alpha value is -1.57. The van der Waals surface area contributed by atoms with Crippen LogP contribution in [-0.4, -0.2) is 12.5 Å². The first-order valence-corrected chi connectivity index (χ1v) is 7.91. The highest BCUT2D eigenvalue weighted by molar-refractivity contribution is 7.48. The Morgan fingerprint density at radius 1 is 0.850 bits per heavy atom. The van der Waals surface area contributed by atoms with E-state index in [4.69, 9.17) is 13.8 Å². The van der Waals surface area contributed by atoms with E-state index in [0.29, 0.717) is 6.61 Å². The number of rotatable bonds is 7. The zero-order valence-electron chi connectivity index (χ0n) is 11.7.